The Kier molecular flexibility index (Phi) is 6.04. The number of methoxy groups -OCH3 is 1. The Morgan fingerprint density at radius 3 is 2.57 bits per heavy atom. The van der Waals surface area contributed by atoms with Gasteiger partial charge in [0.15, 0.2) is 0 Å². The number of hydrogen-bond donors (Lipinski definition) is 1. The summed E-state index contributed by atoms with van der Waals surface area (Å²) in [7, 11) is 1.54. The largest absolute Gasteiger partial charge is 0.497 e. The lowest BCUT2D eigenvalue weighted by Gasteiger charge is -2.25. The number of anilines is 1. The molecule has 0 unspecified atom stereocenters. The summed E-state index contributed by atoms with van der Waals surface area (Å²) >= 11 is 1.07. The molecule has 2 aromatic carbocycles. The quantitative estimate of drug-likeness (QED) is 0.803. The van der Waals surface area contributed by atoms with E-state index in [1.165, 1.54) is 12.0 Å². The summed E-state index contributed by atoms with van der Waals surface area (Å²) in [5.74, 6) is -0.962. The third kappa shape index (κ3) is 4.04. The fourth-order valence-electron chi connectivity index (χ4n) is 3.19. The van der Waals surface area contributed by atoms with Gasteiger partial charge in [0.2, 0.25) is 11.0 Å². The normalized spacial score (nSPS) is 16.4. The monoisotopic (exact) mass is 399 g/mol. The summed E-state index contributed by atoms with van der Waals surface area (Å²) < 4.78 is 5.19. The molecule has 1 aliphatic heterocycles. The summed E-state index contributed by atoms with van der Waals surface area (Å²) in [6, 6.07) is 13.1. The molecule has 2 aromatic rings. The molecule has 0 saturated carbocycles. The Morgan fingerprint density at radius 2 is 1.93 bits per heavy atom. The molecule has 146 valence electrons. The van der Waals surface area contributed by atoms with Crippen molar-refractivity contribution in [2.45, 2.75) is 19.4 Å². The number of carboxylic acid groups (broad SMARTS) is 1. The minimum atomic E-state index is -1.05. The van der Waals surface area contributed by atoms with Crippen LogP contribution in [-0.2, 0) is 16.0 Å². The maximum atomic E-state index is 13.0. The zero-order valence-electron chi connectivity index (χ0n) is 15.6. The van der Waals surface area contributed by atoms with Gasteiger partial charge in [0, 0.05) is 29.3 Å². The van der Waals surface area contributed by atoms with Crippen molar-refractivity contribution in [3.63, 3.8) is 0 Å². The standard InChI is InChI=1S/C21H21NO5S/c1-13(12-28-21(26)14-6-4-3-5-7-14)19(23)22-17-9-8-16(27-2)10-15(17)11-18(22)20(24)25/h3-10,13,18H,11-12H2,1-2H3,(H,24,25)/t13-,18+/m1/s1. The highest BCUT2D eigenvalue weighted by molar-refractivity contribution is 8.14. The summed E-state index contributed by atoms with van der Waals surface area (Å²) in [4.78, 5) is 38.4. The van der Waals surface area contributed by atoms with Crippen LogP contribution in [0.5, 0.6) is 5.75 Å². The SMILES string of the molecule is COc1ccc2c(c1)C[C@@H](C(=O)O)N2C(=O)[C@H](C)CSC(=O)c1ccccc1. The van der Waals surface area contributed by atoms with E-state index < -0.39 is 17.9 Å². The fourth-order valence-corrected chi connectivity index (χ4v) is 4.04. The van der Waals surface area contributed by atoms with E-state index >= 15 is 0 Å². The lowest BCUT2D eigenvalue weighted by molar-refractivity contribution is -0.140. The van der Waals surface area contributed by atoms with Crippen molar-refractivity contribution >= 4 is 34.4 Å². The number of benzene rings is 2. The van der Waals surface area contributed by atoms with Gasteiger partial charge in [-0.25, -0.2) is 4.79 Å². The molecule has 0 spiro atoms. The molecule has 7 heteroatoms. The van der Waals surface area contributed by atoms with Gasteiger partial charge in [-0.2, -0.15) is 0 Å². The number of carbonyl (C=O) groups excluding carboxylic acids is 2. The predicted molar refractivity (Wildman–Crippen MR) is 108 cm³/mol. The molecule has 0 aliphatic carbocycles. The van der Waals surface area contributed by atoms with Gasteiger partial charge in [0.25, 0.3) is 0 Å². The average molecular weight is 399 g/mol. The zero-order chi connectivity index (χ0) is 20.3. The van der Waals surface area contributed by atoms with E-state index in [1.807, 2.05) is 6.07 Å². The van der Waals surface area contributed by atoms with Gasteiger partial charge in [-0.1, -0.05) is 49.0 Å². The predicted octanol–water partition coefficient (Wildman–Crippen LogP) is 3.25. The number of carbonyl (C=O) groups is 3. The zero-order valence-corrected chi connectivity index (χ0v) is 16.4. The number of ether oxygens (including phenoxy) is 1. The smallest absolute Gasteiger partial charge is 0.327 e. The highest BCUT2D eigenvalue weighted by Crippen LogP contribution is 2.36. The van der Waals surface area contributed by atoms with Crippen LogP contribution in [0.3, 0.4) is 0 Å². The summed E-state index contributed by atoms with van der Waals surface area (Å²) in [5.41, 5.74) is 1.93. The molecule has 6 nitrogen and oxygen atoms in total. The first-order chi connectivity index (χ1) is 13.4. The van der Waals surface area contributed by atoms with E-state index in [9.17, 15) is 19.5 Å². The van der Waals surface area contributed by atoms with Crippen LogP contribution in [0.15, 0.2) is 48.5 Å². The molecule has 2 atom stereocenters. The van der Waals surface area contributed by atoms with Crippen LogP contribution in [0.25, 0.3) is 0 Å². The van der Waals surface area contributed by atoms with Gasteiger partial charge in [-0.15, -0.1) is 0 Å². The molecular weight excluding hydrogens is 378 g/mol. The van der Waals surface area contributed by atoms with Crippen molar-refractivity contribution in [1.82, 2.24) is 0 Å². The number of hydrogen-bond acceptors (Lipinski definition) is 5. The van der Waals surface area contributed by atoms with Gasteiger partial charge in [-0.3, -0.25) is 14.5 Å². The van der Waals surface area contributed by atoms with E-state index in [4.69, 9.17) is 4.74 Å². The van der Waals surface area contributed by atoms with Crippen LogP contribution in [0.4, 0.5) is 5.69 Å². The van der Waals surface area contributed by atoms with Crippen LogP contribution in [0.1, 0.15) is 22.8 Å². The Hall–Kier alpha value is -2.80. The van der Waals surface area contributed by atoms with Crippen molar-refractivity contribution in [1.29, 1.82) is 0 Å². The molecular formula is C21H21NO5S. The molecule has 1 aliphatic rings. The number of rotatable bonds is 6. The molecule has 0 saturated heterocycles. The molecule has 1 N–H and O–H groups in total. The highest BCUT2D eigenvalue weighted by Gasteiger charge is 2.40. The number of fused-ring (bicyclic) bond motifs is 1. The van der Waals surface area contributed by atoms with Crippen LogP contribution < -0.4 is 9.64 Å². The third-order valence-electron chi connectivity index (χ3n) is 4.69. The molecule has 28 heavy (non-hydrogen) atoms. The van der Waals surface area contributed by atoms with Crippen molar-refractivity contribution < 1.29 is 24.2 Å². The first-order valence-corrected chi connectivity index (χ1v) is 9.86. The number of aliphatic carboxylic acids is 1. The lowest BCUT2D eigenvalue weighted by atomic mass is 10.1. The molecule has 0 fully saturated rings. The Balaban J connectivity index is 1.74. The first kappa shape index (κ1) is 19.9. The molecule has 1 heterocycles. The molecule has 0 radical (unpaired) electrons. The highest BCUT2D eigenvalue weighted by atomic mass is 32.2. The molecule has 0 bridgehead atoms. The van der Waals surface area contributed by atoms with Gasteiger partial charge < -0.3 is 9.84 Å². The Morgan fingerprint density at radius 1 is 1.21 bits per heavy atom. The van der Waals surface area contributed by atoms with Gasteiger partial charge >= 0.3 is 5.97 Å². The van der Waals surface area contributed by atoms with E-state index in [0.717, 1.165) is 17.3 Å². The molecule has 3 rings (SSSR count). The van der Waals surface area contributed by atoms with Crippen LogP contribution in [0.2, 0.25) is 0 Å². The van der Waals surface area contributed by atoms with Crippen LogP contribution in [-0.4, -0.2) is 41.0 Å². The van der Waals surface area contributed by atoms with Crippen LogP contribution >= 0.6 is 11.8 Å². The first-order valence-electron chi connectivity index (χ1n) is 8.87. The van der Waals surface area contributed by atoms with Crippen LogP contribution in [0, 0.1) is 5.92 Å². The number of amides is 1. The topological polar surface area (TPSA) is 83.9 Å². The number of nitrogens with zero attached hydrogens (tertiary/aromatic N) is 1. The average Bonchev–Trinajstić information content (AvgIpc) is 3.10. The van der Waals surface area contributed by atoms with Gasteiger partial charge in [-0.05, 0) is 23.8 Å². The van der Waals surface area contributed by atoms with E-state index in [-0.39, 0.29) is 23.2 Å². The Labute approximate surface area is 167 Å². The number of thioether (sulfide) groups is 1. The number of carboxylic acids is 1. The van der Waals surface area contributed by atoms with Gasteiger partial charge in [0.1, 0.15) is 11.8 Å². The molecule has 1 amide bonds. The van der Waals surface area contributed by atoms with Crippen molar-refractivity contribution in [2.24, 2.45) is 5.92 Å². The Bertz CT molecular complexity index is 899. The van der Waals surface area contributed by atoms with Crippen molar-refractivity contribution in [3.8, 4) is 5.75 Å². The second-order valence-corrected chi connectivity index (χ2v) is 7.62. The summed E-state index contributed by atoms with van der Waals surface area (Å²) in [5, 5.41) is 9.49. The minimum Gasteiger partial charge on any atom is -0.497 e. The second-order valence-electron chi connectivity index (χ2n) is 6.63. The van der Waals surface area contributed by atoms with Crippen molar-refractivity contribution in [2.75, 3.05) is 17.8 Å². The summed E-state index contributed by atoms with van der Waals surface area (Å²) in [6.45, 7) is 1.72. The maximum absolute atomic E-state index is 13.0. The van der Waals surface area contributed by atoms with E-state index in [0.29, 0.717) is 17.0 Å². The summed E-state index contributed by atoms with van der Waals surface area (Å²) in [6.07, 6.45) is 0.233. The lowest BCUT2D eigenvalue weighted by Crippen LogP contribution is -2.45. The fraction of sp³-hybridized carbons (Fsp3) is 0.286. The minimum absolute atomic E-state index is 0.110. The van der Waals surface area contributed by atoms with E-state index in [1.54, 1.807) is 49.4 Å². The second kappa shape index (κ2) is 8.48. The van der Waals surface area contributed by atoms with Crippen molar-refractivity contribution in [3.05, 3.63) is 59.7 Å². The van der Waals surface area contributed by atoms with E-state index in [2.05, 4.69) is 0 Å². The molecule has 0 aromatic heterocycles. The maximum Gasteiger partial charge on any atom is 0.327 e. The van der Waals surface area contributed by atoms with Gasteiger partial charge in [0.05, 0.1) is 7.11 Å². The third-order valence-corrected chi connectivity index (χ3v) is 5.85.